The average molecular weight is 505 g/mol. The highest BCUT2D eigenvalue weighted by Gasteiger charge is 2.22. The summed E-state index contributed by atoms with van der Waals surface area (Å²) in [6, 6.07) is 10.1. The minimum Gasteiger partial charge on any atom is -0.490 e. The lowest BCUT2D eigenvalue weighted by atomic mass is 10.1. The van der Waals surface area contributed by atoms with Crippen molar-refractivity contribution in [3.63, 3.8) is 0 Å². The molecule has 1 saturated heterocycles. The Morgan fingerprint density at radius 2 is 1.86 bits per heavy atom. The third-order valence-electron chi connectivity index (χ3n) is 4.51. The summed E-state index contributed by atoms with van der Waals surface area (Å²) in [6.07, 6.45) is 4.39. The van der Waals surface area contributed by atoms with E-state index in [4.69, 9.17) is 19.2 Å². The predicted octanol–water partition coefficient (Wildman–Crippen LogP) is 3.56. The fourth-order valence-corrected chi connectivity index (χ4v) is 3.05. The largest absolute Gasteiger partial charge is 0.490 e. The van der Waals surface area contributed by atoms with Crippen LogP contribution in [0.15, 0.2) is 35.3 Å². The molecule has 0 bridgehead atoms. The van der Waals surface area contributed by atoms with Crippen LogP contribution in [-0.4, -0.2) is 70.1 Å². The van der Waals surface area contributed by atoms with Crippen molar-refractivity contribution in [2.45, 2.75) is 38.7 Å². The van der Waals surface area contributed by atoms with Crippen molar-refractivity contribution in [1.82, 2.24) is 10.2 Å². The van der Waals surface area contributed by atoms with E-state index in [0.717, 1.165) is 70.2 Å². The molecule has 0 amide bonds. The van der Waals surface area contributed by atoms with Gasteiger partial charge in [0.05, 0.1) is 13.2 Å². The molecule has 1 fully saturated rings. The number of rotatable bonds is 11. The van der Waals surface area contributed by atoms with Crippen molar-refractivity contribution in [2.75, 3.05) is 53.1 Å². The van der Waals surface area contributed by atoms with Gasteiger partial charge in [0.25, 0.3) is 0 Å². The average Bonchev–Trinajstić information content (AvgIpc) is 2.70. The number of hydrogen-bond donors (Lipinski definition) is 1. The fourth-order valence-electron chi connectivity index (χ4n) is 3.05. The van der Waals surface area contributed by atoms with E-state index in [0.29, 0.717) is 13.2 Å². The molecule has 1 aliphatic rings. The molecule has 7 heteroatoms. The number of nitrogens with one attached hydrogen (secondary N) is 1. The van der Waals surface area contributed by atoms with Crippen molar-refractivity contribution in [2.24, 2.45) is 4.99 Å². The van der Waals surface area contributed by atoms with Crippen LogP contribution < -0.4 is 10.1 Å². The number of nitrogens with zero attached hydrogens (tertiary/aromatic N) is 2. The molecule has 160 valence electrons. The van der Waals surface area contributed by atoms with Gasteiger partial charge in [0.2, 0.25) is 0 Å². The van der Waals surface area contributed by atoms with E-state index in [1.54, 1.807) is 7.11 Å². The summed E-state index contributed by atoms with van der Waals surface area (Å²) >= 11 is 0. The maximum absolute atomic E-state index is 6.09. The Labute approximate surface area is 187 Å². The van der Waals surface area contributed by atoms with Gasteiger partial charge in [0, 0.05) is 52.7 Å². The lowest BCUT2D eigenvalue weighted by Crippen LogP contribution is -2.47. The molecule has 1 aromatic carbocycles. The molecule has 1 aromatic rings. The van der Waals surface area contributed by atoms with Gasteiger partial charge in [-0.2, -0.15) is 0 Å². The third kappa shape index (κ3) is 9.93. The van der Waals surface area contributed by atoms with Crippen LogP contribution in [0.2, 0.25) is 0 Å². The highest BCUT2D eigenvalue weighted by atomic mass is 127. The first-order chi connectivity index (χ1) is 13.3. The second kappa shape index (κ2) is 15.8. The summed E-state index contributed by atoms with van der Waals surface area (Å²) in [6.45, 7) is 7.89. The highest BCUT2D eigenvalue weighted by Crippen LogP contribution is 2.18. The number of ether oxygens (including phenoxy) is 3. The zero-order valence-corrected chi connectivity index (χ0v) is 19.6. The Morgan fingerprint density at radius 3 is 2.54 bits per heavy atom. The first-order valence-corrected chi connectivity index (χ1v) is 10.1. The number of likely N-dealkylation sites (tertiary alicyclic amines) is 1. The molecule has 0 unspecified atom stereocenters. The molecule has 28 heavy (non-hydrogen) atoms. The first kappa shape index (κ1) is 25.0. The monoisotopic (exact) mass is 505 g/mol. The molecule has 6 nitrogen and oxygen atoms in total. The molecule has 1 aliphatic heterocycles. The number of piperidine rings is 1. The summed E-state index contributed by atoms with van der Waals surface area (Å²) in [5.41, 5.74) is 0. The molecule has 1 heterocycles. The topological polar surface area (TPSA) is 55.3 Å². The Kier molecular flexibility index (Phi) is 14.1. The van der Waals surface area contributed by atoms with E-state index in [2.05, 4.69) is 17.1 Å². The van der Waals surface area contributed by atoms with Crippen LogP contribution >= 0.6 is 24.0 Å². The lowest BCUT2D eigenvalue weighted by molar-refractivity contribution is 0.0690. The van der Waals surface area contributed by atoms with Crippen LogP contribution in [0.1, 0.15) is 32.6 Å². The second-order valence-electron chi connectivity index (χ2n) is 6.67. The maximum Gasteiger partial charge on any atom is 0.193 e. The zero-order chi connectivity index (χ0) is 19.2. The van der Waals surface area contributed by atoms with Crippen LogP contribution in [0.3, 0.4) is 0 Å². The number of hydrogen-bond acceptors (Lipinski definition) is 4. The molecule has 0 aromatic heterocycles. The van der Waals surface area contributed by atoms with Gasteiger partial charge < -0.3 is 24.4 Å². The highest BCUT2D eigenvalue weighted by molar-refractivity contribution is 14.0. The van der Waals surface area contributed by atoms with Gasteiger partial charge in [-0.25, -0.2) is 0 Å². The van der Waals surface area contributed by atoms with E-state index in [1.165, 1.54) is 0 Å². The molecule has 0 atom stereocenters. The number of unbranched alkanes of at least 4 members (excludes halogenated alkanes) is 1. The van der Waals surface area contributed by atoms with Crippen molar-refractivity contribution in [3.05, 3.63) is 30.3 Å². The first-order valence-electron chi connectivity index (χ1n) is 10.1. The Balaban J connectivity index is 0.00000392. The van der Waals surface area contributed by atoms with Crippen LogP contribution in [0.25, 0.3) is 0 Å². The van der Waals surface area contributed by atoms with E-state index < -0.39 is 0 Å². The van der Waals surface area contributed by atoms with Gasteiger partial charge >= 0.3 is 0 Å². The molecule has 0 saturated carbocycles. The Bertz CT molecular complexity index is 523. The van der Waals surface area contributed by atoms with Crippen molar-refractivity contribution >= 4 is 29.9 Å². The number of guanidine groups is 1. The smallest absolute Gasteiger partial charge is 0.193 e. The van der Waals surface area contributed by atoms with Gasteiger partial charge in [0.1, 0.15) is 11.9 Å². The van der Waals surface area contributed by atoms with E-state index >= 15 is 0 Å². The van der Waals surface area contributed by atoms with Crippen LogP contribution in [0.5, 0.6) is 5.75 Å². The minimum atomic E-state index is 0. The van der Waals surface area contributed by atoms with Gasteiger partial charge in [-0.3, -0.25) is 4.99 Å². The SMILES string of the molecule is CCNC(=NCCCCOCCOC)N1CCC(Oc2ccccc2)CC1.I. The van der Waals surface area contributed by atoms with Crippen molar-refractivity contribution in [1.29, 1.82) is 0 Å². The van der Waals surface area contributed by atoms with Gasteiger partial charge in [0.15, 0.2) is 5.96 Å². The number of halogens is 1. The van der Waals surface area contributed by atoms with E-state index in [-0.39, 0.29) is 30.1 Å². The Hall–Kier alpha value is -1.06. The van der Waals surface area contributed by atoms with Gasteiger partial charge in [-0.05, 0) is 31.9 Å². The van der Waals surface area contributed by atoms with E-state index in [9.17, 15) is 0 Å². The summed E-state index contributed by atoms with van der Waals surface area (Å²) in [5, 5.41) is 3.42. The number of methoxy groups -OCH3 is 1. The summed E-state index contributed by atoms with van der Waals surface area (Å²) in [7, 11) is 1.69. The van der Waals surface area contributed by atoms with Gasteiger partial charge in [-0.15, -0.1) is 24.0 Å². The van der Waals surface area contributed by atoms with Crippen molar-refractivity contribution in [3.8, 4) is 5.75 Å². The molecular weight excluding hydrogens is 469 g/mol. The van der Waals surface area contributed by atoms with E-state index in [1.807, 2.05) is 30.3 Å². The normalized spacial score (nSPS) is 15.2. The predicted molar refractivity (Wildman–Crippen MR) is 125 cm³/mol. The molecule has 0 aliphatic carbocycles. The quantitative estimate of drug-likeness (QED) is 0.216. The van der Waals surface area contributed by atoms with Crippen molar-refractivity contribution < 1.29 is 14.2 Å². The second-order valence-corrected chi connectivity index (χ2v) is 6.67. The molecular formula is C21H36IN3O3. The lowest BCUT2D eigenvalue weighted by Gasteiger charge is -2.34. The number of aliphatic imine (C=N–C) groups is 1. The number of benzene rings is 1. The van der Waals surface area contributed by atoms with Crippen LogP contribution in [0.4, 0.5) is 0 Å². The standard InChI is InChI=1S/C21H35N3O3.HI/c1-3-22-21(23-13-7-8-16-26-18-17-25-2)24-14-11-20(12-15-24)27-19-9-5-4-6-10-19;/h4-6,9-10,20H,3,7-8,11-18H2,1-2H3,(H,22,23);1H. The Morgan fingerprint density at radius 1 is 1.11 bits per heavy atom. The maximum atomic E-state index is 6.09. The zero-order valence-electron chi connectivity index (χ0n) is 17.3. The third-order valence-corrected chi connectivity index (χ3v) is 4.51. The van der Waals surface area contributed by atoms with Crippen LogP contribution in [-0.2, 0) is 9.47 Å². The molecule has 0 radical (unpaired) electrons. The summed E-state index contributed by atoms with van der Waals surface area (Å²) < 4.78 is 16.5. The number of para-hydroxylation sites is 1. The summed E-state index contributed by atoms with van der Waals surface area (Å²) in [4.78, 5) is 7.14. The molecule has 1 N–H and O–H groups in total. The molecule has 0 spiro atoms. The molecule has 2 rings (SSSR count). The van der Waals surface area contributed by atoms with Crippen LogP contribution in [0, 0.1) is 0 Å². The summed E-state index contributed by atoms with van der Waals surface area (Å²) in [5.74, 6) is 1.99. The minimum absolute atomic E-state index is 0. The van der Waals surface area contributed by atoms with Gasteiger partial charge in [-0.1, -0.05) is 18.2 Å². The fraction of sp³-hybridized carbons (Fsp3) is 0.667.